The molecule has 1 aromatic carbocycles. The molecule has 1 amide bonds. The Morgan fingerprint density at radius 3 is 2.67 bits per heavy atom. The van der Waals surface area contributed by atoms with Crippen molar-refractivity contribution in [2.75, 3.05) is 19.0 Å². The highest BCUT2D eigenvalue weighted by Crippen LogP contribution is 2.25. The van der Waals surface area contributed by atoms with Gasteiger partial charge in [-0.15, -0.1) is 0 Å². The van der Waals surface area contributed by atoms with Crippen molar-refractivity contribution < 1.29 is 13.6 Å². The molecule has 0 fully saturated rings. The van der Waals surface area contributed by atoms with Gasteiger partial charge in [0.05, 0.1) is 5.56 Å². The van der Waals surface area contributed by atoms with Crippen LogP contribution in [0.15, 0.2) is 59.1 Å². The molecule has 6 heteroatoms. The summed E-state index contributed by atoms with van der Waals surface area (Å²) >= 11 is 0. The van der Waals surface area contributed by atoms with E-state index in [1.807, 2.05) is 31.1 Å². The number of aromatic nitrogens is 1. The molecule has 0 saturated heterocycles. The highest BCUT2D eigenvalue weighted by Gasteiger charge is 2.10. The van der Waals surface area contributed by atoms with Gasteiger partial charge in [-0.3, -0.25) is 4.79 Å². The normalized spacial score (nSPS) is 10.6. The van der Waals surface area contributed by atoms with Gasteiger partial charge < -0.3 is 14.6 Å². The first kappa shape index (κ1) is 18.6. The summed E-state index contributed by atoms with van der Waals surface area (Å²) in [6.07, 6.45) is 2.51. The monoisotopic (exact) mass is 367 g/mol. The van der Waals surface area contributed by atoms with Gasteiger partial charge in [0, 0.05) is 39.7 Å². The number of hydrogen-bond acceptors (Lipinski definition) is 4. The van der Waals surface area contributed by atoms with Gasteiger partial charge in [-0.05, 0) is 35.9 Å². The summed E-state index contributed by atoms with van der Waals surface area (Å²) in [6.45, 7) is 0.429. The molecule has 5 nitrogen and oxygen atoms in total. The number of halogens is 1. The fourth-order valence-corrected chi connectivity index (χ4v) is 2.63. The highest BCUT2D eigenvalue weighted by molar-refractivity contribution is 5.76. The fourth-order valence-electron chi connectivity index (χ4n) is 2.63. The topological polar surface area (TPSA) is 58.4 Å². The molecular formula is C21H22FN3O2. The number of furan rings is 1. The zero-order valence-corrected chi connectivity index (χ0v) is 15.4. The minimum atomic E-state index is -0.329. The number of benzene rings is 1. The summed E-state index contributed by atoms with van der Waals surface area (Å²) < 4.78 is 19.5. The van der Waals surface area contributed by atoms with Crippen LogP contribution in [0.4, 0.5) is 10.2 Å². The van der Waals surface area contributed by atoms with E-state index in [9.17, 15) is 9.18 Å². The van der Waals surface area contributed by atoms with E-state index in [0.717, 1.165) is 11.4 Å². The first-order chi connectivity index (χ1) is 13.0. The van der Waals surface area contributed by atoms with Gasteiger partial charge in [0.2, 0.25) is 5.91 Å². The molecule has 0 spiro atoms. The molecule has 1 N–H and O–H groups in total. The van der Waals surface area contributed by atoms with E-state index in [4.69, 9.17) is 4.42 Å². The van der Waals surface area contributed by atoms with Crippen molar-refractivity contribution in [3.63, 3.8) is 0 Å². The van der Waals surface area contributed by atoms with Crippen molar-refractivity contribution in [2.45, 2.75) is 19.4 Å². The van der Waals surface area contributed by atoms with Crippen molar-refractivity contribution in [3.05, 3.63) is 71.9 Å². The lowest BCUT2D eigenvalue weighted by Crippen LogP contribution is -2.23. The summed E-state index contributed by atoms with van der Waals surface area (Å²) in [7, 11) is 3.85. The zero-order valence-electron chi connectivity index (χ0n) is 15.4. The van der Waals surface area contributed by atoms with Crippen molar-refractivity contribution in [1.29, 1.82) is 0 Å². The van der Waals surface area contributed by atoms with Crippen LogP contribution in [-0.4, -0.2) is 25.0 Å². The Bertz CT molecular complexity index is 904. The van der Waals surface area contributed by atoms with Crippen LogP contribution < -0.4 is 10.2 Å². The van der Waals surface area contributed by atoms with E-state index in [1.54, 1.807) is 36.5 Å². The lowest BCUT2D eigenvalue weighted by Gasteiger charge is -2.11. The summed E-state index contributed by atoms with van der Waals surface area (Å²) in [5.74, 6) is 1.59. The number of nitrogens with one attached hydrogen (secondary N) is 1. The third kappa shape index (κ3) is 4.94. The van der Waals surface area contributed by atoms with Gasteiger partial charge in [0.25, 0.3) is 0 Å². The lowest BCUT2D eigenvalue weighted by molar-refractivity contribution is -0.121. The Balaban J connectivity index is 1.49. The van der Waals surface area contributed by atoms with Gasteiger partial charge in [0.15, 0.2) is 0 Å². The molecule has 0 radical (unpaired) electrons. The summed E-state index contributed by atoms with van der Waals surface area (Å²) in [6, 6.07) is 13.8. The number of rotatable bonds is 7. The maximum atomic E-state index is 13.8. The molecule has 0 bridgehead atoms. The maximum Gasteiger partial charge on any atom is 0.220 e. The molecule has 140 valence electrons. The van der Waals surface area contributed by atoms with Crippen LogP contribution in [0.2, 0.25) is 0 Å². The molecule has 2 heterocycles. The molecular weight excluding hydrogens is 345 g/mol. The molecule has 0 unspecified atom stereocenters. The molecule has 0 saturated carbocycles. The Labute approximate surface area is 157 Å². The van der Waals surface area contributed by atoms with E-state index in [-0.39, 0.29) is 11.7 Å². The van der Waals surface area contributed by atoms with Gasteiger partial charge in [0.1, 0.15) is 23.2 Å². The standard InChI is InChI=1S/C21H22FN3O2/c1-25(2)20-11-7-15(13-23-20)14-24-21(26)12-9-16-8-10-19(27-16)17-5-3-4-6-18(17)22/h3-8,10-11,13H,9,12,14H2,1-2H3,(H,24,26). The Morgan fingerprint density at radius 2 is 1.96 bits per heavy atom. The van der Waals surface area contributed by atoms with E-state index < -0.39 is 0 Å². The average Bonchev–Trinajstić information content (AvgIpc) is 3.14. The molecule has 2 aromatic heterocycles. The first-order valence-electron chi connectivity index (χ1n) is 8.75. The molecule has 0 atom stereocenters. The van der Waals surface area contributed by atoms with Gasteiger partial charge in [-0.25, -0.2) is 9.37 Å². The Hall–Kier alpha value is -3.15. The number of pyridine rings is 1. The van der Waals surface area contributed by atoms with E-state index >= 15 is 0 Å². The van der Waals surface area contributed by atoms with Crippen LogP contribution in [0.25, 0.3) is 11.3 Å². The smallest absolute Gasteiger partial charge is 0.220 e. The first-order valence-corrected chi connectivity index (χ1v) is 8.75. The summed E-state index contributed by atoms with van der Waals surface area (Å²) in [5.41, 5.74) is 1.36. The number of hydrogen-bond donors (Lipinski definition) is 1. The van der Waals surface area contributed by atoms with Gasteiger partial charge in [-0.2, -0.15) is 0 Å². The number of aryl methyl sites for hydroxylation is 1. The van der Waals surface area contributed by atoms with E-state index in [2.05, 4.69) is 10.3 Å². The minimum absolute atomic E-state index is 0.0736. The predicted octanol–water partition coefficient (Wildman–Crippen LogP) is 3.80. The fraction of sp³-hybridized carbons (Fsp3) is 0.238. The van der Waals surface area contributed by atoms with Gasteiger partial charge >= 0.3 is 0 Å². The van der Waals surface area contributed by atoms with E-state index in [1.165, 1.54) is 6.07 Å². The van der Waals surface area contributed by atoms with Crippen LogP contribution in [-0.2, 0) is 17.8 Å². The van der Waals surface area contributed by atoms with Crippen LogP contribution in [0, 0.1) is 5.82 Å². The quantitative estimate of drug-likeness (QED) is 0.690. The van der Waals surface area contributed by atoms with Crippen LogP contribution >= 0.6 is 0 Å². The number of amides is 1. The number of anilines is 1. The largest absolute Gasteiger partial charge is 0.461 e. The predicted molar refractivity (Wildman–Crippen MR) is 103 cm³/mol. The van der Waals surface area contributed by atoms with E-state index in [0.29, 0.717) is 36.5 Å². The zero-order chi connectivity index (χ0) is 19.2. The third-order valence-corrected chi connectivity index (χ3v) is 4.16. The van der Waals surface area contributed by atoms with Crippen molar-refractivity contribution in [1.82, 2.24) is 10.3 Å². The van der Waals surface area contributed by atoms with Crippen molar-refractivity contribution in [3.8, 4) is 11.3 Å². The summed E-state index contributed by atoms with van der Waals surface area (Å²) in [4.78, 5) is 18.3. The Morgan fingerprint density at radius 1 is 1.15 bits per heavy atom. The average molecular weight is 367 g/mol. The Kier molecular flexibility index (Phi) is 5.86. The molecule has 0 aliphatic rings. The molecule has 3 rings (SSSR count). The van der Waals surface area contributed by atoms with Crippen molar-refractivity contribution in [2.24, 2.45) is 0 Å². The molecule has 3 aromatic rings. The van der Waals surface area contributed by atoms with Crippen LogP contribution in [0.3, 0.4) is 0 Å². The lowest BCUT2D eigenvalue weighted by atomic mass is 10.1. The SMILES string of the molecule is CN(C)c1ccc(CNC(=O)CCc2ccc(-c3ccccc3F)o2)cn1. The molecule has 0 aliphatic carbocycles. The second-order valence-corrected chi connectivity index (χ2v) is 6.44. The third-order valence-electron chi connectivity index (χ3n) is 4.16. The number of nitrogens with zero attached hydrogens (tertiary/aromatic N) is 2. The van der Waals surface area contributed by atoms with Gasteiger partial charge in [-0.1, -0.05) is 18.2 Å². The molecule has 0 aliphatic heterocycles. The second-order valence-electron chi connectivity index (χ2n) is 6.44. The highest BCUT2D eigenvalue weighted by atomic mass is 19.1. The molecule has 27 heavy (non-hydrogen) atoms. The minimum Gasteiger partial charge on any atom is -0.461 e. The van der Waals surface area contributed by atoms with Crippen LogP contribution in [0.5, 0.6) is 0 Å². The van der Waals surface area contributed by atoms with Crippen molar-refractivity contribution >= 4 is 11.7 Å². The summed E-state index contributed by atoms with van der Waals surface area (Å²) in [5, 5.41) is 2.87. The maximum absolute atomic E-state index is 13.8. The second kappa shape index (κ2) is 8.49. The number of carbonyl (C=O) groups excluding carboxylic acids is 1. The van der Waals surface area contributed by atoms with Crippen LogP contribution in [0.1, 0.15) is 17.7 Å². The number of carbonyl (C=O) groups is 1.